The van der Waals surface area contributed by atoms with Gasteiger partial charge in [0.2, 0.25) is 0 Å². The summed E-state index contributed by atoms with van der Waals surface area (Å²) in [6.45, 7) is 2.46. The number of hydrogen-bond donors (Lipinski definition) is 1. The van der Waals surface area contributed by atoms with Crippen LogP contribution in [0, 0.1) is 5.92 Å². The van der Waals surface area contributed by atoms with Gasteiger partial charge in [0, 0.05) is 0 Å². The number of benzene rings is 1. The quantitative estimate of drug-likeness (QED) is 0.853. The molecule has 2 rings (SSSR count). The Morgan fingerprint density at radius 3 is 2.81 bits per heavy atom. The Kier molecular flexibility index (Phi) is 3.72. The lowest BCUT2D eigenvalue weighted by atomic mass is 10.1. The van der Waals surface area contributed by atoms with Crippen molar-refractivity contribution in [2.45, 2.75) is 32.3 Å². The van der Waals surface area contributed by atoms with E-state index in [0.29, 0.717) is 10.8 Å². The monoisotopic (exact) mass is 240 g/mol. The van der Waals surface area contributed by atoms with Crippen LogP contribution in [0.15, 0.2) is 18.2 Å². The van der Waals surface area contributed by atoms with E-state index in [4.69, 9.17) is 16.3 Å². The van der Waals surface area contributed by atoms with Gasteiger partial charge in [-0.25, -0.2) is 0 Å². The molecule has 0 spiro atoms. The molecule has 0 unspecified atom stereocenters. The number of hydrogen-bond acceptors (Lipinski definition) is 2. The molecule has 0 aliphatic heterocycles. The molecule has 0 heterocycles. The lowest BCUT2D eigenvalue weighted by Gasteiger charge is -2.10. The van der Waals surface area contributed by atoms with E-state index in [-0.39, 0.29) is 0 Å². The Bertz CT molecular complexity index is 359. The van der Waals surface area contributed by atoms with Crippen molar-refractivity contribution in [2.24, 2.45) is 5.92 Å². The Morgan fingerprint density at radius 2 is 2.25 bits per heavy atom. The van der Waals surface area contributed by atoms with Crippen LogP contribution >= 0.6 is 11.6 Å². The molecule has 2 nitrogen and oxygen atoms in total. The molecule has 0 bridgehead atoms. The average molecular weight is 241 g/mol. The Labute approximate surface area is 101 Å². The summed E-state index contributed by atoms with van der Waals surface area (Å²) in [7, 11) is 0. The summed E-state index contributed by atoms with van der Waals surface area (Å²) in [6, 6.07) is 5.44. The zero-order chi connectivity index (χ0) is 11.5. The molecule has 1 aromatic rings. The largest absolute Gasteiger partial charge is 0.492 e. The molecule has 3 heteroatoms. The van der Waals surface area contributed by atoms with E-state index in [1.807, 2.05) is 12.1 Å². The number of rotatable bonds is 5. The van der Waals surface area contributed by atoms with Crippen molar-refractivity contribution in [3.8, 4) is 5.75 Å². The Morgan fingerprint density at radius 1 is 1.50 bits per heavy atom. The molecule has 0 amide bonds. The van der Waals surface area contributed by atoms with Gasteiger partial charge in [-0.2, -0.15) is 0 Å². The Hall–Kier alpha value is -0.730. The summed E-state index contributed by atoms with van der Waals surface area (Å²) in [4.78, 5) is 0. The van der Waals surface area contributed by atoms with Gasteiger partial charge in [-0.15, -0.1) is 0 Å². The van der Waals surface area contributed by atoms with Gasteiger partial charge in [-0.3, -0.25) is 0 Å². The zero-order valence-corrected chi connectivity index (χ0v) is 10.2. The second-order valence-electron chi connectivity index (χ2n) is 4.45. The van der Waals surface area contributed by atoms with E-state index in [9.17, 15) is 5.11 Å². The van der Waals surface area contributed by atoms with Crippen LogP contribution in [0.4, 0.5) is 0 Å². The van der Waals surface area contributed by atoms with Crippen molar-refractivity contribution in [1.29, 1.82) is 0 Å². The van der Waals surface area contributed by atoms with Crippen molar-refractivity contribution < 1.29 is 9.84 Å². The number of halogens is 1. The molecule has 0 radical (unpaired) electrons. The summed E-state index contributed by atoms with van der Waals surface area (Å²) >= 11 is 6.07. The minimum Gasteiger partial charge on any atom is -0.492 e. The van der Waals surface area contributed by atoms with Gasteiger partial charge in [0.1, 0.15) is 5.75 Å². The highest BCUT2D eigenvalue weighted by molar-refractivity contribution is 6.32. The fraction of sp³-hybridized carbons (Fsp3) is 0.538. The van der Waals surface area contributed by atoms with Gasteiger partial charge in [-0.05, 0) is 37.0 Å². The second-order valence-corrected chi connectivity index (χ2v) is 4.85. The molecule has 1 N–H and O–H groups in total. The molecule has 0 aromatic heterocycles. The molecule has 1 saturated carbocycles. The van der Waals surface area contributed by atoms with Gasteiger partial charge >= 0.3 is 0 Å². The van der Waals surface area contributed by atoms with Crippen LogP contribution in [0.5, 0.6) is 5.75 Å². The van der Waals surface area contributed by atoms with Crippen molar-refractivity contribution >= 4 is 11.6 Å². The second kappa shape index (κ2) is 5.07. The molecular weight excluding hydrogens is 224 g/mol. The van der Waals surface area contributed by atoms with Gasteiger partial charge in [0.25, 0.3) is 0 Å². The predicted molar refractivity (Wildman–Crippen MR) is 64.9 cm³/mol. The predicted octanol–water partition coefficient (Wildman–Crippen LogP) is 3.57. The van der Waals surface area contributed by atoms with Crippen molar-refractivity contribution in [1.82, 2.24) is 0 Å². The van der Waals surface area contributed by atoms with Gasteiger partial charge in [-0.1, -0.05) is 30.5 Å². The third kappa shape index (κ3) is 3.13. The van der Waals surface area contributed by atoms with Crippen LogP contribution in [-0.4, -0.2) is 11.7 Å². The fourth-order valence-electron chi connectivity index (χ4n) is 1.64. The highest BCUT2D eigenvalue weighted by Gasteiger charge is 2.20. The third-order valence-corrected chi connectivity index (χ3v) is 3.21. The maximum absolute atomic E-state index is 9.40. The smallest absolute Gasteiger partial charge is 0.137 e. The van der Waals surface area contributed by atoms with Crippen LogP contribution in [0.25, 0.3) is 0 Å². The van der Waals surface area contributed by atoms with Crippen LogP contribution in [0.2, 0.25) is 5.02 Å². The summed E-state index contributed by atoms with van der Waals surface area (Å²) in [5.41, 5.74) is 0.819. The average Bonchev–Trinajstić information content (AvgIpc) is 3.04. The van der Waals surface area contributed by atoms with E-state index < -0.39 is 6.10 Å². The highest BCUT2D eigenvalue weighted by Crippen LogP contribution is 2.33. The first-order valence-corrected chi connectivity index (χ1v) is 6.15. The van der Waals surface area contributed by atoms with E-state index in [1.165, 1.54) is 12.8 Å². The summed E-state index contributed by atoms with van der Waals surface area (Å²) in [6.07, 6.45) is 3.32. The van der Waals surface area contributed by atoms with E-state index in [0.717, 1.165) is 24.5 Å². The van der Waals surface area contributed by atoms with Gasteiger partial charge in [0.15, 0.2) is 0 Å². The molecule has 1 aliphatic carbocycles. The SMILES string of the molecule is C[C@@H](O)c1ccc(OCCC2CC2)c(Cl)c1. The molecule has 1 fully saturated rings. The first kappa shape index (κ1) is 11.7. The normalized spacial score (nSPS) is 17.2. The van der Waals surface area contributed by atoms with E-state index in [2.05, 4.69) is 0 Å². The summed E-state index contributed by atoms with van der Waals surface area (Å²) in [5.74, 6) is 1.59. The first-order valence-electron chi connectivity index (χ1n) is 5.77. The van der Waals surface area contributed by atoms with Gasteiger partial charge in [0.05, 0.1) is 17.7 Å². The minimum absolute atomic E-state index is 0.488. The summed E-state index contributed by atoms with van der Waals surface area (Å²) < 4.78 is 5.61. The van der Waals surface area contributed by atoms with E-state index >= 15 is 0 Å². The Balaban J connectivity index is 1.92. The number of aliphatic hydroxyl groups excluding tert-OH is 1. The molecule has 16 heavy (non-hydrogen) atoms. The maximum Gasteiger partial charge on any atom is 0.137 e. The number of aliphatic hydroxyl groups is 1. The van der Waals surface area contributed by atoms with Crippen molar-refractivity contribution in [2.75, 3.05) is 6.61 Å². The lowest BCUT2D eigenvalue weighted by molar-refractivity contribution is 0.199. The minimum atomic E-state index is -0.488. The first-order chi connectivity index (χ1) is 7.66. The van der Waals surface area contributed by atoms with Crippen molar-refractivity contribution in [3.63, 3.8) is 0 Å². The van der Waals surface area contributed by atoms with Crippen LogP contribution in [0.3, 0.4) is 0 Å². The number of ether oxygens (including phenoxy) is 1. The molecule has 1 atom stereocenters. The van der Waals surface area contributed by atoms with E-state index in [1.54, 1.807) is 13.0 Å². The molecule has 88 valence electrons. The third-order valence-electron chi connectivity index (χ3n) is 2.92. The molecular formula is C13H17ClO2. The standard InChI is InChI=1S/C13H17ClO2/c1-9(15)11-4-5-13(12(14)8-11)16-7-6-10-2-3-10/h4-5,8-10,15H,2-3,6-7H2,1H3/t9-/m1/s1. The topological polar surface area (TPSA) is 29.5 Å². The summed E-state index contributed by atoms with van der Waals surface area (Å²) in [5, 5.41) is 9.97. The van der Waals surface area contributed by atoms with Crippen LogP contribution < -0.4 is 4.74 Å². The zero-order valence-electron chi connectivity index (χ0n) is 9.45. The molecule has 0 saturated heterocycles. The van der Waals surface area contributed by atoms with Crippen LogP contribution in [0.1, 0.15) is 37.9 Å². The van der Waals surface area contributed by atoms with Crippen molar-refractivity contribution in [3.05, 3.63) is 28.8 Å². The fourth-order valence-corrected chi connectivity index (χ4v) is 1.88. The highest BCUT2D eigenvalue weighted by atomic mass is 35.5. The molecule has 1 aliphatic rings. The molecule has 1 aromatic carbocycles. The van der Waals surface area contributed by atoms with Crippen LogP contribution in [-0.2, 0) is 0 Å². The maximum atomic E-state index is 9.40. The van der Waals surface area contributed by atoms with Gasteiger partial charge < -0.3 is 9.84 Å². The lowest BCUT2D eigenvalue weighted by Crippen LogP contribution is -1.99.